The van der Waals surface area contributed by atoms with Gasteiger partial charge in [0, 0.05) is 37.7 Å². The van der Waals surface area contributed by atoms with Crippen LogP contribution in [0, 0.1) is 0 Å². The number of fused-ring (bicyclic) bond motifs is 1. The van der Waals surface area contributed by atoms with Crippen molar-refractivity contribution >= 4 is 17.9 Å². The number of carboxylic acids is 3. The Bertz CT molecular complexity index is 1140. The second-order valence-electron chi connectivity index (χ2n) is 8.97. The van der Waals surface area contributed by atoms with E-state index in [0.29, 0.717) is 18.8 Å². The fourth-order valence-electron chi connectivity index (χ4n) is 3.75. The van der Waals surface area contributed by atoms with E-state index in [1.54, 1.807) is 12.4 Å². The largest absolute Gasteiger partial charge is 0.490 e. The minimum absolute atomic E-state index is 0.185. The van der Waals surface area contributed by atoms with Gasteiger partial charge in [0.2, 0.25) is 0 Å². The number of alkyl halides is 9. The van der Waals surface area contributed by atoms with Crippen molar-refractivity contribution in [1.29, 1.82) is 0 Å². The van der Waals surface area contributed by atoms with E-state index in [4.69, 9.17) is 39.2 Å². The zero-order chi connectivity index (χ0) is 34.4. The van der Waals surface area contributed by atoms with Crippen LogP contribution < -0.4 is 4.74 Å². The van der Waals surface area contributed by atoms with Crippen molar-refractivity contribution in [2.24, 2.45) is 0 Å². The van der Waals surface area contributed by atoms with Gasteiger partial charge in [0.15, 0.2) is 0 Å². The number of hydrogen-bond donors (Lipinski definition) is 3. The average molecular weight is 667 g/mol. The molecule has 0 radical (unpaired) electrons. The maximum Gasteiger partial charge on any atom is 0.490 e. The molecule has 0 bridgehead atoms. The van der Waals surface area contributed by atoms with Crippen molar-refractivity contribution in [3.05, 3.63) is 54.6 Å². The van der Waals surface area contributed by atoms with Gasteiger partial charge in [0.05, 0.1) is 18.4 Å². The molecule has 4 heterocycles. The molecular formula is C25H26F9N3O8. The fraction of sp³-hybridized carbons (Fsp3) is 0.480. The van der Waals surface area contributed by atoms with Gasteiger partial charge in [0.25, 0.3) is 0 Å². The Balaban J connectivity index is 0.000000396. The van der Waals surface area contributed by atoms with Gasteiger partial charge in [-0.3, -0.25) is 14.9 Å². The molecule has 3 atom stereocenters. The lowest BCUT2D eigenvalue weighted by molar-refractivity contribution is -0.193. The molecule has 2 aromatic heterocycles. The molecule has 4 rings (SSSR count). The van der Waals surface area contributed by atoms with Gasteiger partial charge < -0.3 is 24.8 Å². The summed E-state index contributed by atoms with van der Waals surface area (Å²) in [6.45, 7) is 2.67. The van der Waals surface area contributed by atoms with Gasteiger partial charge in [-0.25, -0.2) is 14.4 Å². The molecule has 0 amide bonds. The van der Waals surface area contributed by atoms with Crippen LogP contribution in [0.2, 0.25) is 0 Å². The lowest BCUT2D eigenvalue weighted by Gasteiger charge is -2.36. The topological polar surface area (TPSA) is 159 Å². The number of halogens is 9. The molecule has 2 aromatic rings. The maximum atomic E-state index is 10.6. The van der Waals surface area contributed by atoms with E-state index in [9.17, 15) is 39.5 Å². The molecule has 2 fully saturated rings. The van der Waals surface area contributed by atoms with Crippen molar-refractivity contribution in [2.75, 3.05) is 13.2 Å². The molecule has 0 aromatic carbocycles. The first-order chi connectivity index (χ1) is 20.7. The van der Waals surface area contributed by atoms with E-state index in [0.717, 1.165) is 31.7 Å². The Morgan fingerprint density at radius 2 is 1.29 bits per heavy atom. The zero-order valence-electron chi connectivity index (χ0n) is 22.7. The Labute approximate surface area is 248 Å². The highest BCUT2D eigenvalue weighted by molar-refractivity contribution is 5.73. The quantitative estimate of drug-likeness (QED) is 0.383. The summed E-state index contributed by atoms with van der Waals surface area (Å²) in [6.07, 6.45) is -4.12. The molecule has 2 aliphatic heterocycles. The first-order valence-corrected chi connectivity index (χ1v) is 12.4. The molecule has 11 nitrogen and oxygen atoms in total. The highest BCUT2D eigenvalue weighted by Crippen LogP contribution is 2.32. The van der Waals surface area contributed by atoms with Crippen LogP contribution in [0.25, 0.3) is 0 Å². The Morgan fingerprint density at radius 1 is 0.800 bits per heavy atom. The Kier molecular flexibility index (Phi) is 15.0. The molecule has 45 heavy (non-hydrogen) atoms. The molecule has 2 saturated heterocycles. The summed E-state index contributed by atoms with van der Waals surface area (Å²) in [5, 5.41) is 21.4. The highest BCUT2D eigenvalue weighted by atomic mass is 19.4. The minimum Gasteiger partial charge on any atom is -0.489 e. The van der Waals surface area contributed by atoms with E-state index in [2.05, 4.69) is 20.9 Å². The van der Waals surface area contributed by atoms with Crippen molar-refractivity contribution in [1.82, 2.24) is 14.9 Å². The third kappa shape index (κ3) is 15.4. The van der Waals surface area contributed by atoms with E-state index in [1.807, 2.05) is 30.6 Å². The van der Waals surface area contributed by atoms with Crippen LogP contribution >= 0.6 is 0 Å². The first-order valence-electron chi connectivity index (χ1n) is 12.4. The number of rotatable bonds is 5. The summed E-state index contributed by atoms with van der Waals surface area (Å²) in [6, 6.07) is 8.50. The van der Waals surface area contributed by atoms with E-state index < -0.39 is 36.4 Å². The van der Waals surface area contributed by atoms with Crippen LogP contribution in [0.1, 0.15) is 24.8 Å². The van der Waals surface area contributed by atoms with Crippen LogP contribution in [0.3, 0.4) is 0 Å². The minimum atomic E-state index is -5.08. The number of carbonyl (C=O) groups is 3. The standard InChI is InChI=1S/C19H23N3O2.3C2HF3O2/c1-3-15(11-20-8-1)13-22-10-7-19-18(22)6-5-17(24-19)14-23-16-4-2-9-21-12-16;3*3-2(4,5)1(6)7/h1-4,8-9,11-12,17-19H,5-7,10,13-14H2;3*(H,6,7)/t17-,18+,19+;;;/m1.../s1. The zero-order valence-corrected chi connectivity index (χ0v) is 22.7. The summed E-state index contributed by atoms with van der Waals surface area (Å²) in [7, 11) is 0. The molecule has 20 heteroatoms. The lowest BCUT2D eigenvalue weighted by atomic mass is 9.99. The van der Waals surface area contributed by atoms with Crippen molar-refractivity contribution in [3.63, 3.8) is 0 Å². The summed E-state index contributed by atoms with van der Waals surface area (Å²) in [5.74, 6) is -7.46. The predicted octanol–water partition coefficient (Wildman–Crippen LogP) is 4.58. The lowest BCUT2D eigenvalue weighted by Crippen LogP contribution is -2.43. The summed E-state index contributed by atoms with van der Waals surface area (Å²) >= 11 is 0. The van der Waals surface area contributed by atoms with Gasteiger partial charge in [0.1, 0.15) is 12.4 Å². The van der Waals surface area contributed by atoms with Gasteiger partial charge in [-0.1, -0.05) is 6.07 Å². The van der Waals surface area contributed by atoms with Gasteiger partial charge in [-0.15, -0.1) is 0 Å². The van der Waals surface area contributed by atoms with Crippen LogP contribution in [-0.4, -0.2) is 98.0 Å². The van der Waals surface area contributed by atoms with Crippen molar-refractivity contribution in [2.45, 2.75) is 62.6 Å². The SMILES string of the molecule is O=C(O)C(F)(F)F.O=C(O)C(F)(F)F.O=C(O)C(F)(F)F.c1cncc(CN2CC[C@@H]3O[C@@H](COc4cccnc4)CC[C@@H]32)c1. The summed E-state index contributed by atoms with van der Waals surface area (Å²) < 4.78 is 107. The molecule has 0 unspecified atom stereocenters. The molecule has 0 saturated carbocycles. The summed E-state index contributed by atoms with van der Waals surface area (Å²) in [4.78, 5) is 37.5. The number of carboxylic acid groups (broad SMARTS) is 3. The number of aromatic nitrogens is 2. The number of ether oxygens (including phenoxy) is 2. The number of pyridine rings is 2. The second-order valence-corrected chi connectivity index (χ2v) is 8.97. The molecule has 2 aliphatic rings. The molecule has 0 spiro atoms. The second kappa shape index (κ2) is 17.3. The number of nitrogens with zero attached hydrogens (tertiary/aromatic N) is 3. The van der Waals surface area contributed by atoms with Crippen LogP contribution in [0.15, 0.2) is 49.1 Å². The third-order valence-corrected chi connectivity index (χ3v) is 5.66. The number of aliphatic carboxylic acids is 3. The van der Waals surface area contributed by atoms with Crippen LogP contribution in [-0.2, 0) is 25.7 Å². The van der Waals surface area contributed by atoms with Crippen molar-refractivity contribution < 1.29 is 78.7 Å². The average Bonchev–Trinajstić information content (AvgIpc) is 3.34. The molecule has 252 valence electrons. The van der Waals surface area contributed by atoms with Crippen molar-refractivity contribution in [3.8, 4) is 5.75 Å². The monoisotopic (exact) mass is 667 g/mol. The summed E-state index contributed by atoms with van der Waals surface area (Å²) in [5.41, 5.74) is 1.28. The Hall–Kier alpha value is -4.20. The van der Waals surface area contributed by atoms with Crippen LogP contribution in [0.5, 0.6) is 5.75 Å². The Morgan fingerprint density at radius 3 is 1.71 bits per heavy atom. The third-order valence-electron chi connectivity index (χ3n) is 5.66. The smallest absolute Gasteiger partial charge is 0.489 e. The predicted molar refractivity (Wildman–Crippen MR) is 132 cm³/mol. The number of hydrogen-bond acceptors (Lipinski definition) is 8. The molecular weight excluding hydrogens is 641 g/mol. The van der Waals surface area contributed by atoms with Gasteiger partial charge >= 0.3 is 36.4 Å². The highest BCUT2D eigenvalue weighted by Gasteiger charge is 2.41. The first kappa shape index (κ1) is 38.8. The van der Waals surface area contributed by atoms with E-state index >= 15 is 0 Å². The van der Waals surface area contributed by atoms with E-state index in [1.165, 1.54) is 12.0 Å². The van der Waals surface area contributed by atoms with Crippen LogP contribution in [0.4, 0.5) is 39.5 Å². The number of likely N-dealkylation sites (tertiary alicyclic amines) is 1. The maximum absolute atomic E-state index is 10.6. The molecule has 3 N–H and O–H groups in total. The normalized spacial score (nSPS) is 19.6. The van der Waals surface area contributed by atoms with Gasteiger partial charge in [-0.2, -0.15) is 39.5 Å². The van der Waals surface area contributed by atoms with E-state index in [-0.39, 0.29) is 6.10 Å². The van der Waals surface area contributed by atoms with Gasteiger partial charge in [-0.05, 0) is 43.0 Å². The fourth-order valence-corrected chi connectivity index (χ4v) is 3.75. The molecule has 0 aliphatic carbocycles.